The van der Waals surface area contributed by atoms with Crippen molar-refractivity contribution in [3.8, 4) is 0 Å². The number of fused-ring (bicyclic) bond motifs is 1. The lowest BCUT2D eigenvalue weighted by Crippen LogP contribution is -2.09. The monoisotopic (exact) mass is 236 g/mol. The smallest absolute Gasteiger partial charge is 0.201 e. The van der Waals surface area contributed by atoms with Gasteiger partial charge in [0.25, 0.3) is 0 Å². The third-order valence-corrected chi connectivity index (χ3v) is 3.34. The number of nitrogens with two attached hydrogens (primary N) is 1. The minimum Gasteiger partial charge on any atom is -0.369 e. The Morgan fingerprint density at radius 3 is 3.12 bits per heavy atom. The summed E-state index contributed by atoms with van der Waals surface area (Å²) in [5.74, 6) is 1.71. The predicted octanol–water partition coefficient (Wildman–Crippen LogP) is 2.33. The summed E-state index contributed by atoms with van der Waals surface area (Å²) in [6.07, 6.45) is 6.75. The van der Waals surface area contributed by atoms with Crippen LogP contribution in [0.4, 0.5) is 5.95 Å². The first-order valence-electron chi connectivity index (χ1n) is 5.30. The van der Waals surface area contributed by atoms with Crippen LogP contribution in [0.25, 0.3) is 11.0 Å². The van der Waals surface area contributed by atoms with E-state index < -0.39 is 0 Å². The number of nitrogen functional groups attached to an aromatic ring is 1. The lowest BCUT2D eigenvalue weighted by molar-refractivity contribution is 0.556. The molecule has 4 nitrogen and oxygen atoms in total. The zero-order valence-electron chi connectivity index (χ0n) is 9.55. The second kappa shape index (κ2) is 4.74. The molecule has 86 valence electrons. The van der Waals surface area contributed by atoms with Crippen LogP contribution in [0.15, 0.2) is 18.5 Å². The number of nitrogens with zero attached hydrogens (tertiary/aromatic N) is 3. The van der Waals surface area contributed by atoms with Crippen LogP contribution in [0.2, 0.25) is 0 Å². The topological polar surface area (TPSA) is 56.7 Å². The molecule has 0 aliphatic heterocycles. The van der Waals surface area contributed by atoms with Crippen LogP contribution < -0.4 is 5.73 Å². The van der Waals surface area contributed by atoms with Gasteiger partial charge in [-0.25, -0.2) is 4.98 Å². The molecular formula is C11H16N4S. The number of hydrogen-bond donors (Lipinski definition) is 1. The first-order valence-corrected chi connectivity index (χ1v) is 6.69. The molecule has 0 amide bonds. The molecule has 2 N–H and O–H groups in total. The van der Waals surface area contributed by atoms with Crippen molar-refractivity contribution in [1.29, 1.82) is 0 Å². The van der Waals surface area contributed by atoms with E-state index in [2.05, 4.69) is 27.7 Å². The Labute approximate surface area is 99.3 Å². The number of imidazole rings is 1. The summed E-state index contributed by atoms with van der Waals surface area (Å²) < 4.78 is 2.09. The maximum absolute atomic E-state index is 5.94. The number of rotatable bonds is 4. The number of pyridine rings is 1. The number of anilines is 1. The average molecular weight is 236 g/mol. The quantitative estimate of drug-likeness (QED) is 0.885. The van der Waals surface area contributed by atoms with Crippen molar-refractivity contribution in [2.75, 3.05) is 17.7 Å². The molecule has 0 saturated carbocycles. The Balaban J connectivity index is 2.38. The van der Waals surface area contributed by atoms with Gasteiger partial charge in [-0.1, -0.05) is 0 Å². The van der Waals surface area contributed by atoms with Gasteiger partial charge in [0.05, 0.1) is 11.7 Å². The molecule has 0 bridgehead atoms. The van der Waals surface area contributed by atoms with Crippen molar-refractivity contribution in [1.82, 2.24) is 14.5 Å². The zero-order valence-corrected chi connectivity index (χ0v) is 10.4. The van der Waals surface area contributed by atoms with Gasteiger partial charge in [0, 0.05) is 12.2 Å². The second-order valence-corrected chi connectivity index (χ2v) is 4.82. The molecule has 0 radical (unpaired) electrons. The minimum atomic E-state index is 0.375. The lowest BCUT2D eigenvalue weighted by Gasteiger charge is -2.15. The zero-order chi connectivity index (χ0) is 11.5. The number of hydrogen-bond acceptors (Lipinski definition) is 4. The van der Waals surface area contributed by atoms with Crippen LogP contribution in [-0.4, -0.2) is 26.5 Å². The van der Waals surface area contributed by atoms with Crippen LogP contribution in [0.5, 0.6) is 0 Å². The average Bonchev–Trinajstić information content (AvgIpc) is 2.62. The van der Waals surface area contributed by atoms with Gasteiger partial charge in [-0.05, 0) is 31.4 Å². The summed E-state index contributed by atoms with van der Waals surface area (Å²) in [7, 11) is 0. The van der Waals surface area contributed by atoms with E-state index in [0.29, 0.717) is 12.0 Å². The highest BCUT2D eigenvalue weighted by Gasteiger charge is 2.13. The summed E-state index contributed by atoms with van der Waals surface area (Å²) in [4.78, 5) is 8.37. The van der Waals surface area contributed by atoms with Crippen LogP contribution in [-0.2, 0) is 0 Å². The molecule has 0 fully saturated rings. The van der Waals surface area contributed by atoms with Crippen molar-refractivity contribution in [3.63, 3.8) is 0 Å². The molecule has 0 saturated heterocycles. The highest BCUT2D eigenvalue weighted by Crippen LogP contribution is 2.24. The molecule has 1 unspecified atom stereocenters. The van der Waals surface area contributed by atoms with E-state index in [1.807, 2.05) is 17.8 Å². The van der Waals surface area contributed by atoms with Crippen molar-refractivity contribution in [2.24, 2.45) is 0 Å². The van der Waals surface area contributed by atoms with Gasteiger partial charge in [0.2, 0.25) is 5.95 Å². The Bertz CT molecular complexity index is 480. The number of thioether (sulfide) groups is 1. The third-order valence-electron chi connectivity index (χ3n) is 2.70. The lowest BCUT2D eigenvalue weighted by atomic mass is 10.2. The van der Waals surface area contributed by atoms with Gasteiger partial charge in [0.1, 0.15) is 5.52 Å². The van der Waals surface area contributed by atoms with E-state index >= 15 is 0 Å². The van der Waals surface area contributed by atoms with Crippen molar-refractivity contribution in [3.05, 3.63) is 18.5 Å². The van der Waals surface area contributed by atoms with E-state index in [0.717, 1.165) is 23.2 Å². The fourth-order valence-corrected chi connectivity index (χ4v) is 2.43. The first-order chi connectivity index (χ1) is 7.74. The molecule has 0 aliphatic carbocycles. The molecular weight excluding hydrogens is 220 g/mol. The SMILES string of the molecule is CSCCC(C)n1c(N)nc2cnccc21. The fourth-order valence-electron chi connectivity index (χ4n) is 1.85. The summed E-state index contributed by atoms with van der Waals surface area (Å²) in [6, 6.07) is 2.34. The van der Waals surface area contributed by atoms with Crippen LogP contribution in [0.1, 0.15) is 19.4 Å². The Morgan fingerprint density at radius 1 is 1.56 bits per heavy atom. The second-order valence-electron chi connectivity index (χ2n) is 3.83. The van der Waals surface area contributed by atoms with Gasteiger partial charge in [-0.15, -0.1) is 0 Å². The van der Waals surface area contributed by atoms with E-state index in [1.165, 1.54) is 0 Å². The molecule has 2 rings (SSSR count). The Hall–Kier alpha value is -1.23. The molecule has 1 atom stereocenters. The van der Waals surface area contributed by atoms with Gasteiger partial charge in [0.15, 0.2) is 0 Å². The standard InChI is InChI=1S/C11H16N4S/c1-8(4-6-16-2)15-10-3-5-13-7-9(10)14-11(15)12/h3,5,7-8H,4,6H2,1-2H3,(H2,12,14). The van der Waals surface area contributed by atoms with Gasteiger partial charge in [-0.2, -0.15) is 11.8 Å². The molecule has 2 aromatic heterocycles. The molecule has 2 aromatic rings. The van der Waals surface area contributed by atoms with Crippen LogP contribution in [0, 0.1) is 0 Å². The van der Waals surface area contributed by atoms with Crippen molar-refractivity contribution in [2.45, 2.75) is 19.4 Å². The third kappa shape index (κ3) is 2.00. The molecule has 2 heterocycles. The maximum Gasteiger partial charge on any atom is 0.201 e. The molecule has 0 aromatic carbocycles. The first kappa shape index (κ1) is 11.3. The predicted molar refractivity (Wildman–Crippen MR) is 69.7 cm³/mol. The molecule has 5 heteroatoms. The molecule has 0 aliphatic rings. The van der Waals surface area contributed by atoms with Gasteiger partial charge >= 0.3 is 0 Å². The minimum absolute atomic E-state index is 0.375. The van der Waals surface area contributed by atoms with Crippen LogP contribution in [0.3, 0.4) is 0 Å². The Kier molecular flexibility index (Phi) is 3.33. The van der Waals surface area contributed by atoms with Crippen molar-refractivity contribution < 1.29 is 0 Å². The summed E-state index contributed by atoms with van der Waals surface area (Å²) >= 11 is 1.85. The number of aromatic nitrogens is 3. The van der Waals surface area contributed by atoms with E-state index in [1.54, 1.807) is 12.4 Å². The maximum atomic E-state index is 5.94. The van der Waals surface area contributed by atoms with Crippen LogP contribution >= 0.6 is 11.8 Å². The highest BCUT2D eigenvalue weighted by atomic mass is 32.2. The summed E-state index contributed by atoms with van der Waals surface area (Å²) in [6.45, 7) is 2.17. The van der Waals surface area contributed by atoms with E-state index in [-0.39, 0.29) is 0 Å². The Morgan fingerprint density at radius 2 is 2.38 bits per heavy atom. The molecule has 0 spiro atoms. The summed E-state index contributed by atoms with van der Waals surface area (Å²) in [5.41, 5.74) is 7.89. The fraction of sp³-hybridized carbons (Fsp3) is 0.455. The van der Waals surface area contributed by atoms with E-state index in [9.17, 15) is 0 Å². The largest absolute Gasteiger partial charge is 0.369 e. The van der Waals surface area contributed by atoms with Gasteiger partial charge < -0.3 is 10.3 Å². The van der Waals surface area contributed by atoms with Crippen molar-refractivity contribution >= 4 is 28.7 Å². The van der Waals surface area contributed by atoms with Gasteiger partial charge in [-0.3, -0.25) is 4.98 Å². The highest BCUT2D eigenvalue weighted by molar-refractivity contribution is 7.98. The molecule has 16 heavy (non-hydrogen) atoms. The normalized spacial score (nSPS) is 13.1. The van der Waals surface area contributed by atoms with E-state index in [4.69, 9.17) is 5.73 Å². The summed E-state index contributed by atoms with van der Waals surface area (Å²) in [5, 5.41) is 0.